The average molecular weight is 250 g/mol. The summed E-state index contributed by atoms with van der Waals surface area (Å²) in [6, 6.07) is 17.8. The molecule has 0 amide bonds. The fourth-order valence-electron chi connectivity index (χ4n) is 1.96. The van der Waals surface area contributed by atoms with E-state index < -0.39 is 0 Å². The van der Waals surface area contributed by atoms with E-state index in [1.807, 2.05) is 60.7 Å². The standard InChI is InChI=1S/C17H14O2/c1-2-13-7-9-15(10-8-13)18-12-16-11-14-5-3-4-6-17(14)19-16/h2-11H,1,12H2. The Kier molecular flexibility index (Phi) is 3.07. The van der Waals surface area contributed by atoms with Crippen LogP contribution in [0.5, 0.6) is 5.75 Å². The third-order valence-electron chi connectivity index (χ3n) is 2.97. The van der Waals surface area contributed by atoms with Crippen LogP contribution in [0, 0.1) is 0 Å². The van der Waals surface area contributed by atoms with Crippen LogP contribution in [0.4, 0.5) is 0 Å². The van der Waals surface area contributed by atoms with Gasteiger partial charge in [0.05, 0.1) is 0 Å². The predicted molar refractivity (Wildman–Crippen MR) is 77.1 cm³/mol. The van der Waals surface area contributed by atoms with Gasteiger partial charge in [0.2, 0.25) is 0 Å². The van der Waals surface area contributed by atoms with Crippen LogP contribution < -0.4 is 4.74 Å². The lowest BCUT2D eigenvalue weighted by Gasteiger charge is -2.04. The molecule has 0 spiro atoms. The summed E-state index contributed by atoms with van der Waals surface area (Å²) >= 11 is 0. The number of hydrogen-bond acceptors (Lipinski definition) is 2. The molecule has 2 heteroatoms. The minimum absolute atomic E-state index is 0.433. The zero-order chi connectivity index (χ0) is 13.1. The molecule has 1 heterocycles. The number of fused-ring (bicyclic) bond motifs is 1. The zero-order valence-electron chi connectivity index (χ0n) is 10.5. The molecule has 19 heavy (non-hydrogen) atoms. The normalized spacial score (nSPS) is 10.5. The molecule has 0 unspecified atom stereocenters. The van der Waals surface area contributed by atoms with Gasteiger partial charge in [-0.3, -0.25) is 0 Å². The lowest BCUT2D eigenvalue weighted by molar-refractivity contribution is 0.274. The molecule has 0 aliphatic carbocycles. The second kappa shape index (κ2) is 5.02. The molecule has 0 saturated carbocycles. The molecule has 3 rings (SSSR count). The molecule has 0 atom stereocenters. The number of ether oxygens (including phenoxy) is 1. The largest absolute Gasteiger partial charge is 0.486 e. The molecule has 0 saturated heterocycles. The summed E-state index contributed by atoms with van der Waals surface area (Å²) in [6.07, 6.45) is 1.81. The maximum atomic E-state index is 5.69. The molecule has 0 radical (unpaired) electrons. The number of rotatable bonds is 4. The third-order valence-corrected chi connectivity index (χ3v) is 2.97. The van der Waals surface area contributed by atoms with Crippen molar-refractivity contribution >= 4 is 17.0 Å². The highest BCUT2D eigenvalue weighted by Gasteiger charge is 2.03. The van der Waals surface area contributed by atoms with E-state index >= 15 is 0 Å². The predicted octanol–water partition coefficient (Wildman–Crippen LogP) is 4.65. The highest BCUT2D eigenvalue weighted by atomic mass is 16.5. The summed E-state index contributed by atoms with van der Waals surface area (Å²) in [6.45, 7) is 4.16. The van der Waals surface area contributed by atoms with Crippen molar-refractivity contribution < 1.29 is 9.15 Å². The van der Waals surface area contributed by atoms with Crippen LogP contribution in [0.3, 0.4) is 0 Å². The first-order chi connectivity index (χ1) is 9.35. The van der Waals surface area contributed by atoms with Crippen molar-refractivity contribution in [2.24, 2.45) is 0 Å². The number of para-hydroxylation sites is 1. The van der Waals surface area contributed by atoms with E-state index in [1.54, 1.807) is 0 Å². The molecule has 0 aliphatic rings. The van der Waals surface area contributed by atoms with Gasteiger partial charge in [-0.2, -0.15) is 0 Å². The highest BCUT2D eigenvalue weighted by molar-refractivity contribution is 5.77. The molecular formula is C17H14O2. The Balaban J connectivity index is 1.72. The number of hydrogen-bond donors (Lipinski definition) is 0. The van der Waals surface area contributed by atoms with Gasteiger partial charge in [-0.1, -0.05) is 43.0 Å². The molecule has 1 aromatic heterocycles. The summed E-state index contributed by atoms with van der Waals surface area (Å²) in [5.74, 6) is 1.65. The van der Waals surface area contributed by atoms with Gasteiger partial charge in [0.25, 0.3) is 0 Å². The van der Waals surface area contributed by atoms with Gasteiger partial charge in [-0.15, -0.1) is 0 Å². The second-order valence-electron chi connectivity index (χ2n) is 4.31. The quantitative estimate of drug-likeness (QED) is 0.672. The van der Waals surface area contributed by atoms with Crippen LogP contribution in [0.15, 0.2) is 65.6 Å². The summed E-state index contributed by atoms with van der Waals surface area (Å²) in [5, 5.41) is 1.10. The Labute approximate surface area is 111 Å². The number of furan rings is 1. The van der Waals surface area contributed by atoms with Gasteiger partial charge >= 0.3 is 0 Å². The fraction of sp³-hybridized carbons (Fsp3) is 0.0588. The minimum Gasteiger partial charge on any atom is -0.486 e. The Morgan fingerprint density at radius 1 is 1.05 bits per heavy atom. The van der Waals surface area contributed by atoms with Gasteiger partial charge < -0.3 is 9.15 Å². The monoisotopic (exact) mass is 250 g/mol. The summed E-state index contributed by atoms with van der Waals surface area (Å²) < 4.78 is 11.4. The smallest absolute Gasteiger partial charge is 0.146 e. The highest BCUT2D eigenvalue weighted by Crippen LogP contribution is 2.20. The van der Waals surface area contributed by atoms with Crippen LogP contribution in [-0.2, 0) is 6.61 Å². The van der Waals surface area contributed by atoms with Gasteiger partial charge in [0.1, 0.15) is 23.7 Å². The first kappa shape index (κ1) is 11.6. The van der Waals surface area contributed by atoms with Crippen molar-refractivity contribution in [3.63, 3.8) is 0 Å². The molecule has 0 bridgehead atoms. The van der Waals surface area contributed by atoms with E-state index in [2.05, 4.69) is 6.58 Å². The fourth-order valence-corrected chi connectivity index (χ4v) is 1.96. The van der Waals surface area contributed by atoms with E-state index in [1.165, 1.54) is 0 Å². The van der Waals surface area contributed by atoms with Crippen LogP contribution in [-0.4, -0.2) is 0 Å². The minimum atomic E-state index is 0.433. The van der Waals surface area contributed by atoms with Crippen molar-refractivity contribution in [1.29, 1.82) is 0 Å². The van der Waals surface area contributed by atoms with Gasteiger partial charge in [0.15, 0.2) is 0 Å². The molecule has 0 aliphatic heterocycles. The van der Waals surface area contributed by atoms with Crippen molar-refractivity contribution in [3.05, 3.63) is 72.5 Å². The Bertz CT molecular complexity index is 660. The molecule has 2 nitrogen and oxygen atoms in total. The number of benzene rings is 2. The molecule has 0 fully saturated rings. The lowest BCUT2D eigenvalue weighted by Crippen LogP contribution is -1.93. The van der Waals surface area contributed by atoms with Crippen LogP contribution in [0.25, 0.3) is 17.0 Å². The van der Waals surface area contributed by atoms with E-state index in [0.717, 1.165) is 28.0 Å². The van der Waals surface area contributed by atoms with Crippen LogP contribution >= 0.6 is 0 Å². The molecule has 3 aromatic rings. The first-order valence-electron chi connectivity index (χ1n) is 6.18. The molecular weight excluding hydrogens is 236 g/mol. The van der Waals surface area contributed by atoms with Crippen LogP contribution in [0.1, 0.15) is 11.3 Å². The van der Waals surface area contributed by atoms with E-state index in [9.17, 15) is 0 Å². The van der Waals surface area contributed by atoms with Gasteiger partial charge in [-0.25, -0.2) is 0 Å². The van der Waals surface area contributed by atoms with Crippen molar-refractivity contribution in [1.82, 2.24) is 0 Å². The zero-order valence-corrected chi connectivity index (χ0v) is 10.5. The Morgan fingerprint density at radius 2 is 1.84 bits per heavy atom. The van der Waals surface area contributed by atoms with Gasteiger partial charge in [-0.05, 0) is 29.8 Å². The van der Waals surface area contributed by atoms with E-state index in [0.29, 0.717) is 6.61 Å². The average Bonchev–Trinajstić information content (AvgIpc) is 2.88. The summed E-state index contributed by atoms with van der Waals surface area (Å²) in [4.78, 5) is 0. The van der Waals surface area contributed by atoms with Crippen molar-refractivity contribution in [2.45, 2.75) is 6.61 Å². The third kappa shape index (κ3) is 2.52. The van der Waals surface area contributed by atoms with E-state index in [4.69, 9.17) is 9.15 Å². The lowest BCUT2D eigenvalue weighted by atomic mass is 10.2. The Morgan fingerprint density at radius 3 is 2.58 bits per heavy atom. The summed E-state index contributed by atoms with van der Waals surface area (Å²) in [5.41, 5.74) is 1.97. The second-order valence-corrected chi connectivity index (χ2v) is 4.31. The van der Waals surface area contributed by atoms with Crippen molar-refractivity contribution in [2.75, 3.05) is 0 Å². The molecule has 0 N–H and O–H groups in total. The topological polar surface area (TPSA) is 22.4 Å². The Hall–Kier alpha value is -2.48. The van der Waals surface area contributed by atoms with Crippen LogP contribution in [0.2, 0.25) is 0 Å². The maximum Gasteiger partial charge on any atom is 0.146 e. The summed E-state index contributed by atoms with van der Waals surface area (Å²) in [7, 11) is 0. The van der Waals surface area contributed by atoms with E-state index in [-0.39, 0.29) is 0 Å². The SMILES string of the molecule is C=Cc1ccc(OCc2cc3ccccc3o2)cc1. The van der Waals surface area contributed by atoms with Crippen molar-refractivity contribution in [3.8, 4) is 5.75 Å². The molecule has 2 aromatic carbocycles. The maximum absolute atomic E-state index is 5.69. The molecule has 94 valence electrons. The van der Waals surface area contributed by atoms with Gasteiger partial charge in [0, 0.05) is 5.39 Å². The first-order valence-corrected chi connectivity index (χ1v) is 6.18.